The van der Waals surface area contributed by atoms with E-state index in [9.17, 15) is 24.5 Å². The van der Waals surface area contributed by atoms with E-state index >= 15 is 0 Å². The SMILES string of the molecule is COc1nc(N)nc2c1ncn2[C@@H]1O[C@H](COP(=O)(O)N[C@@H](CC(C)C)C(=O)OC(C)C)[C@@H](O)[C@@]1(C)O. The minimum Gasteiger partial charge on any atom is -0.479 e. The third-order valence-electron chi connectivity index (χ3n) is 5.68. The van der Waals surface area contributed by atoms with Crippen molar-refractivity contribution in [3.05, 3.63) is 6.33 Å². The van der Waals surface area contributed by atoms with Crippen LogP contribution in [0.3, 0.4) is 0 Å². The van der Waals surface area contributed by atoms with Gasteiger partial charge in [0, 0.05) is 0 Å². The third-order valence-corrected chi connectivity index (χ3v) is 6.82. The molecule has 2 aromatic heterocycles. The van der Waals surface area contributed by atoms with Gasteiger partial charge in [-0.3, -0.25) is 13.9 Å². The second-order valence-corrected chi connectivity index (χ2v) is 11.3. The van der Waals surface area contributed by atoms with E-state index in [2.05, 4.69) is 20.0 Å². The predicted molar refractivity (Wildman–Crippen MR) is 130 cm³/mol. The number of hydrogen-bond acceptors (Lipinski definition) is 12. The Morgan fingerprint density at radius 3 is 2.62 bits per heavy atom. The molecular formula is C21H35N6O9P. The normalized spacial score (nSPS) is 26.5. The fourth-order valence-electron chi connectivity index (χ4n) is 3.99. The number of aliphatic hydroxyl groups is 2. The first-order valence-corrected chi connectivity index (χ1v) is 13.3. The van der Waals surface area contributed by atoms with E-state index in [1.54, 1.807) is 13.8 Å². The highest BCUT2D eigenvalue weighted by molar-refractivity contribution is 7.50. The van der Waals surface area contributed by atoms with Crippen molar-refractivity contribution in [1.82, 2.24) is 24.6 Å². The molecule has 1 fully saturated rings. The van der Waals surface area contributed by atoms with Gasteiger partial charge in [0.1, 0.15) is 23.9 Å². The van der Waals surface area contributed by atoms with Gasteiger partial charge in [0.05, 0.1) is 26.1 Å². The van der Waals surface area contributed by atoms with E-state index in [1.165, 1.54) is 24.9 Å². The number of carbonyl (C=O) groups is 1. The second kappa shape index (κ2) is 11.2. The molecule has 1 saturated heterocycles. The maximum atomic E-state index is 12.8. The van der Waals surface area contributed by atoms with Gasteiger partial charge in [-0.1, -0.05) is 13.8 Å². The lowest BCUT2D eigenvalue weighted by molar-refractivity contribution is -0.150. The van der Waals surface area contributed by atoms with Gasteiger partial charge in [0.25, 0.3) is 0 Å². The van der Waals surface area contributed by atoms with Crippen molar-refractivity contribution in [1.29, 1.82) is 0 Å². The second-order valence-electron chi connectivity index (χ2n) is 9.73. The van der Waals surface area contributed by atoms with Crippen LogP contribution in [0.2, 0.25) is 0 Å². The topological polar surface area (TPSA) is 213 Å². The zero-order chi connectivity index (χ0) is 27.7. The van der Waals surface area contributed by atoms with Gasteiger partial charge < -0.3 is 35.1 Å². The fourth-order valence-corrected chi connectivity index (χ4v) is 5.02. The molecule has 0 radical (unpaired) electrons. The number of anilines is 1. The first-order valence-electron chi connectivity index (χ1n) is 11.7. The Hall–Kier alpha value is -2.39. The van der Waals surface area contributed by atoms with Crippen molar-refractivity contribution in [2.24, 2.45) is 5.92 Å². The number of aromatic nitrogens is 4. The minimum atomic E-state index is -4.56. The molecule has 3 rings (SSSR count). The van der Waals surface area contributed by atoms with Crippen LogP contribution in [0.4, 0.5) is 5.95 Å². The maximum Gasteiger partial charge on any atom is 0.403 e. The molecule has 37 heavy (non-hydrogen) atoms. The molecule has 6 N–H and O–H groups in total. The number of nitrogen functional groups attached to an aromatic ring is 1. The summed E-state index contributed by atoms with van der Waals surface area (Å²) >= 11 is 0. The molecule has 208 valence electrons. The number of fused-ring (bicyclic) bond motifs is 1. The average Bonchev–Trinajstić information content (AvgIpc) is 3.28. The number of ether oxygens (including phenoxy) is 3. The van der Waals surface area contributed by atoms with Crippen molar-refractivity contribution in [2.45, 2.75) is 77.2 Å². The molecule has 1 aliphatic heterocycles. The molecule has 0 aliphatic carbocycles. The van der Waals surface area contributed by atoms with Gasteiger partial charge in [-0.2, -0.15) is 9.97 Å². The average molecular weight is 547 g/mol. The highest BCUT2D eigenvalue weighted by Gasteiger charge is 2.54. The zero-order valence-corrected chi connectivity index (χ0v) is 22.5. The van der Waals surface area contributed by atoms with Crippen molar-refractivity contribution >= 4 is 30.8 Å². The number of imidazole rings is 1. The summed E-state index contributed by atoms with van der Waals surface area (Å²) in [5.74, 6) is -0.679. The molecule has 1 unspecified atom stereocenters. The number of nitrogens with two attached hydrogens (primary N) is 1. The van der Waals surface area contributed by atoms with Crippen LogP contribution in [0.1, 0.15) is 47.3 Å². The molecule has 0 saturated carbocycles. The van der Waals surface area contributed by atoms with Crippen molar-refractivity contribution in [3.8, 4) is 5.88 Å². The van der Waals surface area contributed by atoms with Crippen LogP contribution in [-0.2, 0) is 23.4 Å². The summed E-state index contributed by atoms with van der Waals surface area (Å²) in [6, 6.07) is -1.10. The minimum absolute atomic E-state index is 0.00882. The standard InChI is InChI=1S/C21H35N6O9P/c1-10(2)7-12(18(29)35-11(3)4)26-37(31,32)34-8-13-15(28)21(5,30)19(36-13)27-9-23-14-16(27)24-20(22)25-17(14)33-6/h9-13,15,19,28,30H,7-8H2,1-6H3,(H2,22,24,25)(H2,26,31,32)/t12-,13+,15+,19+,21+/m0/s1. The maximum absolute atomic E-state index is 12.8. The summed E-state index contributed by atoms with van der Waals surface area (Å²) in [5.41, 5.74) is 4.29. The Kier molecular flexibility index (Phi) is 8.79. The van der Waals surface area contributed by atoms with Gasteiger partial charge in [0.15, 0.2) is 17.4 Å². The summed E-state index contributed by atoms with van der Waals surface area (Å²) in [6.45, 7) is 7.77. The molecule has 16 heteroatoms. The van der Waals surface area contributed by atoms with Gasteiger partial charge in [0.2, 0.25) is 11.8 Å². The number of carbonyl (C=O) groups excluding carboxylic acids is 1. The summed E-state index contributed by atoms with van der Waals surface area (Å²) in [7, 11) is -3.17. The van der Waals surface area contributed by atoms with Crippen LogP contribution in [0, 0.1) is 5.92 Å². The Balaban J connectivity index is 1.76. The fraction of sp³-hybridized carbons (Fsp3) is 0.714. The number of methoxy groups -OCH3 is 1. The van der Waals surface area contributed by atoms with Crippen molar-refractivity contribution < 1.29 is 43.2 Å². The first kappa shape index (κ1) is 29.2. The number of nitrogens with zero attached hydrogens (tertiary/aromatic N) is 4. The number of aliphatic hydroxyl groups excluding tert-OH is 1. The lowest BCUT2D eigenvalue weighted by Crippen LogP contribution is -2.44. The molecule has 2 aromatic rings. The Bertz CT molecular complexity index is 1160. The van der Waals surface area contributed by atoms with Gasteiger partial charge in [-0.15, -0.1) is 0 Å². The number of hydrogen-bond donors (Lipinski definition) is 5. The lowest BCUT2D eigenvalue weighted by Gasteiger charge is -2.27. The zero-order valence-electron chi connectivity index (χ0n) is 21.6. The highest BCUT2D eigenvalue weighted by Crippen LogP contribution is 2.43. The van der Waals surface area contributed by atoms with Crippen LogP contribution in [0.25, 0.3) is 11.2 Å². The molecule has 1 aliphatic rings. The molecule has 3 heterocycles. The summed E-state index contributed by atoms with van der Waals surface area (Å²) in [6.07, 6.45) is -2.86. The molecule has 0 aromatic carbocycles. The number of rotatable bonds is 11. The molecule has 0 spiro atoms. The number of esters is 1. The lowest BCUT2D eigenvalue weighted by atomic mass is 9.96. The van der Waals surface area contributed by atoms with E-state index < -0.39 is 56.5 Å². The largest absolute Gasteiger partial charge is 0.479 e. The highest BCUT2D eigenvalue weighted by atomic mass is 31.2. The van der Waals surface area contributed by atoms with E-state index in [4.69, 9.17) is 24.5 Å². The van der Waals surface area contributed by atoms with E-state index in [0.717, 1.165) is 0 Å². The monoisotopic (exact) mass is 546 g/mol. The van der Waals surface area contributed by atoms with Crippen LogP contribution >= 0.6 is 7.75 Å². The predicted octanol–water partition coefficient (Wildman–Crippen LogP) is 0.499. The molecule has 0 bridgehead atoms. The summed E-state index contributed by atoms with van der Waals surface area (Å²) < 4.78 is 35.4. The van der Waals surface area contributed by atoms with E-state index in [0.29, 0.717) is 0 Å². The summed E-state index contributed by atoms with van der Waals surface area (Å²) in [5, 5.41) is 24.1. The number of nitrogens with one attached hydrogen (secondary N) is 1. The summed E-state index contributed by atoms with van der Waals surface area (Å²) in [4.78, 5) is 35.1. The smallest absolute Gasteiger partial charge is 0.403 e. The van der Waals surface area contributed by atoms with Crippen LogP contribution in [0.5, 0.6) is 5.88 Å². The van der Waals surface area contributed by atoms with Gasteiger partial charge >= 0.3 is 13.7 Å². The van der Waals surface area contributed by atoms with Crippen LogP contribution in [-0.4, -0.2) is 84.3 Å². The van der Waals surface area contributed by atoms with E-state index in [1.807, 2.05) is 13.8 Å². The molecular weight excluding hydrogens is 511 g/mol. The third kappa shape index (κ3) is 6.55. The van der Waals surface area contributed by atoms with Gasteiger partial charge in [-0.25, -0.2) is 14.6 Å². The van der Waals surface area contributed by atoms with Crippen molar-refractivity contribution in [2.75, 3.05) is 19.5 Å². The quantitative estimate of drug-likeness (QED) is 0.192. The molecule has 0 amide bonds. The van der Waals surface area contributed by atoms with E-state index in [-0.39, 0.29) is 35.3 Å². The van der Waals surface area contributed by atoms with Crippen molar-refractivity contribution in [3.63, 3.8) is 0 Å². The molecule has 15 nitrogen and oxygen atoms in total. The van der Waals surface area contributed by atoms with Crippen LogP contribution < -0.4 is 15.6 Å². The van der Waals surface area contributed by atoms with Crippen LogP contribution in [0.15, 0.2) is 6.33 Å². The van der Waals surface area contributed by atoms with Gasteiger partial charge in [-0.05, 0) is 33.1 Å². The Morgan fingerprint density at radius 2 is 2.03 bits per heavy atom. The Labute approximate surface area is 213 Å². The Morgan fingerprint density at radius 1 is 1.35 bits per heavy atom. The first-order chi connectivity index (χ1) is 17.2. The molecule has 6 atom stereocenters.